The highest BCUT2D eigenvalue weighted by molar-refractivity contribution is 5.74. The highest BCUT2D eigenvalue weighted by Crippen LogP contribution is 2.12. The average Bonchev–Trinajstić information content (AvgIpc) is 2.76. The summed E-state index contributed by atoms with van der Waals surface area (Å²) in [6.45, 7) is 0.514. The molecular formula is C12H13N7. The van der Waals surface area contributed by atoms with Crippen LogP contribution in [0.4, 0.5) is 11.8 Å². The van der Waals surface area contributed by atoms with Gasteiger partial charge in [0.2, 0.25) is 5.95 Å². The number of nitrogen functional groups attached to an aromatic ring is 1. The largest absolute Gasteiger partial charge is 0.384 e. The number of fused-ring (bicyclic) bond motifs is 1. The first kappa shape index (κ1) is 11.4. The van der Waals surface area contributed by atoms with Crippen LogP contribution in [0, 0.1) is 0 Å². The van der Waals surface area contributed by atoms with Crippen molar-refractivity contribution < 1.29 is 0 Å². The zero-order valence-corrected chi connectivity index (χ0v) is 10.4. The Labute approximate surface area is 109 Å². The van der Waals surface area contributed by atoms with E-state index in [1.807, 2.05) is 24.3 Å². The molecular weight excluding hydrogens is 242 g/mol. The first-order chi connectivity index (χ1) is 9.24. The molecule has 0 atom stereocenters. The van der Waals surface area contributed by atoms with Gasteiger partial charge in [-0.05, 0) is 12.1 Å². The number of benzene rings is 1. The van der Waals surface area contributed by atoms with Gasteiger partial charge in [-0.2, -0.15) is 5.10 Å². The van der Waals surface area contributed by atoms with Crippen LogP contribution in [0.3, 0.4) is 0 Å². The molecule has 0 aliphatic rings. The van der Waals surface area contributed by atoms with Gasteiger partial charge >= 0.3 is 0 Å². The van der Waals surface area contributed by atoms with E-state index in [1.54, 1.807) is 17.9 Å². The van der Waals surface area contributed by atoms with E-state index in [4.69, 9.17) is 5.73 Å². The van der Waals surface area contributed by atoms with Crippen molar-refractivity contribution in [1.82, 2.24) is 25.0 Å². The Hall–Kier alpha value is -2.70. The summed E-state index contributed by atoms with van der Waals surface area (Å²) in [4.78, 5) is 4.37. The number of rotatable bonds is 3. The maximum absolute atomic E-state index is 5.86. The Morgan fingerprint density at radius 1 is 1.21 bits per heavy atom. The summed E-state index contributed by atoms with van der Waals surface area (Å²) in [6.07, 6.45) is 1.72. The van der Waals surface area contributed by atoms with Crippen LogP contribution in [0.15, 0.2) is 30.5 Å². The predicted octanol–water partition coefficient (Wildman–Crippen LogP) is 0.953. The second kappa shape index (κ2) is 4.52. The fourth-order valence-electron chi connectivity index (χ4n) is 1.76. The van der Waals surface area contributed by atoms with E-state index < -0.39 is 0 Å². The molecule has 0 fully saturated rings. The van der Waals surface area contributed by atoms with E-state index in [-0.39, 0.29) is 0 Å². The molecule has 7 heteroatoms. The van der Waals surface area contributed by atoms with Gasteiger partial charge in [-0.25, -0.2) is 4.98 Å². The van der Waals surface area contributed by atoms with Crippen LogP contribution in [0.2, 0.25) is 0 Å². The van der Waals surface area contributed by atoms with Crippen molar-refractivity contribution in [1.29, 1.82) is 0 Å². The smallest absolute Gasteiger partial charge is 0.243 e. The van der Waals surface area contributed by atoms with E-state index in [0.717, 1.165) is 16.6 Å². The molecule has 96 valence electrons. The van der Waals surface area contributed by atoms with E-state index in [2.05, 4.69) is 25.6 Å². The summed E-state index contributed by atoms with van der Waals surface area (Å²) in [5.41, 5.74) is 8.34. The number of hydrogen-bond donors (Lipinski definition) is 2. The summed E-state index contributed by atoms with van der Waals surface area (Å²) >= 11 is 0. The number of para-hydroxylation sites is 1. The maximum Gasteiger partial charge on any atom is 0.243 e. The summed E-state index contributed by atoms with van der Waals surface area (Å²) in [7, 11) is 1.80. The predicted molar refractivity (Wildman–Crippen MR) is 72.3 cm³/mol. The van der Waals surface area contributed by atoms with Crippen molar-refractivity contribution >= 4 is 22.8 Å². The number of nitrogens with zero attached hydrogens (tertiary/aromatic N) is 5. The molecule has 0 aliphatic heterocycles. The number of aromatic nitrogens is 5. The second-order valence-electron chi connectivity index (χ2n) is 4.16. The molecule has 0 saturated heterocycles. The van der Waals surface area contributed by atoms with Gasteiger partial charge < -0.3 is 11.1 Å². The molecule has 2 aromatic heterocycles. The molecule has 0 amide bonds. The molecule has 7 nitrogen and oxygen atoms in total. The third-order valence-corrected chi connectivity index (χ3v) is 2.86. The lowest BCUT2D eigenvalue weighted by molar-refractivity contribution is 0.778. The van der Waals surface area contributed by atoms with Crippen molar-refractivity contribution in [2.45, 2.75) is 6.54 Å². The molecule has 3 rings (SSSR count). The topological polar surface area (TPSA) is 94.5 Å². The summed E-state index contributed by atoms with van der Waals surface area (Å²) in [6, 6.07) is 7.59. The van der Waals surface area contributed by atoms with E-state index >= 15 is 0 Å². The van der Waals surface area contributed by atoms with Crippen LogP contribution in [-0.4, -0.2) is 25.0 Å². The molecule has 3 aromatic rings. The van der Waals surface area contributed by atoms with E-state index in [9.17, 15) is 0 Å². The Morgan fingerprint density at radius 2 is 2.00 bits per heavy atom. The van der Waals surface area contributed by atoms with Gasteiger partial charge in [0.15, 0.2) is 0 Å². The normalized spacial score (nSPS) is 10.8. The van der Waals surface area contributed by atoms with Crippen molar-refractivity contribution in [3.63, 3.8) is 0 Å². The molecule has 0 aliphatic carbocycles. The first-order valence-corrected chi connectivity index (χ1v) is 5.84. The fourth-order valence-corrected chi connectivity index (χ4v) is 1.76. The molecule has 2 heterocycles. The maximum atomic E-state index is 5.86. The highest BCUT2D eigenvalue weighted by Gasteiger charge is 2.06. The Balaban J connectivity index is 1.80. The van der Waals surface area contributed by atoms with Gasteiger partial charge in [0, 0.05) is 19.2 Å². The van der Waals surface area contributed by atoms with Crippen molar-refractivity contribution in [2.75, 3.05) is 11.1 Å². The summed E-state index contributed by atoms with van der Waals surface area (Å²) in [5.74, 6) is 1.10. The zero-order chi connectivity index (χ0) is 13.2. The van der Waals surface area contributed by atoms with Crippen molar-refractivity contribution in [2.24, 2.45) is 7.05 Å². The quantitative estimate of drug-likeness (QED) is 0.723. The lowest BCUT2D eigenvalue weighted by Crippen LogP contribution is -2.07. The van der Waals surface area contributed by atoms with Crippen LogP contribution in [0.25, 0.3) is 11.0 Å². The average molecular weight is 255 g/mol. The number of nitrogens with one attached hydrogen (secondary N) is 1. The molecule has 0 spiro atoms. The summed E-state index contributed by atoms with van der Waals surface area (Å²) in [5, 5.41) is 15.3. The molecule has 1 aromatic carbocycles. The van der Waals surface area contributed by atoms with E-state index in [0.29, 0.717) is 18.3 Å². The van der Waals surface area contributed by atoms with E-state index in [1.165, 1.54) is 0 Å². The standard InChI is InChI=1S/C12H13N7/c1-19-11(13)8(7-15-19)6-14-12-16-9-4-2-3-5-10(9)17-18-12/h2-5,7H,6,13H2,1H3,(H,14,16,18). The lowest BCUT2D eigenvalue weighted by Gasteiger charge is -2.04. The molecule has 0 bridgehead atoms. The Morgan fingerprint density at radius 3 is 2.74 bits per heavy atom. The minimum Gasteiger partial charge on any atom is -0.384 e. The molecule has 0 saturated carbocycles. The number of anilines is 2. The molecule has 0 unspecified atom stereocenters. The number of hydrogen-bond acceptors (Lipinski definition) is 6. The van der Waals surface area contributed by atoms with Gasteiger partial charge in [-0.15, -0.1) is 10.2 Å². The van der Waals surface area contributed by atoms with Gasteiger partial charge in [0.25, 0.3) is 0 Å². The summed E-state index contributed by atoms with van der Waals surface area (Å²) < 4.78 is 1.62. The molecule has 0 radical (unpaired) electrons. The fraction of sp³-hybridized carbons (Fsp3) is 0.167. The van der Waals surface area contributed by atoms with Gasteiger partial charge in [-0.1, -0.05) is 12.1 Å². The van der Waals surface area contributed by atoms with Crippen LogP contribution in [-0.2, 0) is 13.6 Å². The third kappa shape index (κ3) is 2.17. The van der Waals surface area contributed by atoms with Crippen LogP contribution >= 0.6 is 0 Å². The highest BCUT2D eigenvalue weighted by atomic mass is 15.3. The lowest BCUT2D eigenvalue weighted by atomic mass is 10.3. The Bertz CT molecular complexity index is 719. The third-order valence-electron chi connectivity index (χ3n) is 2.86. The van der Waals surface area contributed by atoms with Crippen LogP contribution in [0.1, 0.15) is 5.56 Å². The zero-order valence-electron chi connectivity index (χ0n) is 10.4. The minimum atomic E-state index is 0.474. The van der Waals surface area contributed by atoms with Gasteiger partial charge in [-0.3, -0.25) is 4.68 Å². The van der Waals surface area contributed by atoms with Crippen molar-refractivity contribution in [3.8, 4) is 0 Å². The van der Waals surface area contributed by atoms with Gasteiger partial charge in [0.05, 0.1) is 11.7 Å². The first-order valence-electron chi connectivity index (χ1n) is 5.84. The second-order valence-corrected chi connectivity index (χ2v) is 4.16. The van der Waals surface area contributed by atoms with Crippen molar-refractivity contribution in [3.05, 3.63) is 36.0 Å². The number of aryl methyl sites for hydroxylation is 1. The molecule has 19 heavy (non-hydrogen) atoms. The molecule has 3 N–H and O–H groups in total. The SMILES string of the molecule is Cn1ncc(CNc2nnc3ccccc3n2)c1N. The van der Waals surface area contributed by atoms with Crippen LogP contribution in [0.5, 0.6) is 0 Å². The number of nitrogens with two attached hydrogens (primary N) is 1. The minimum absolute atomic E-state index is 0.474. The monoisotopic (exact) mass is 255 g/mol. The van der Waals surface area contributed by atoms with Crippen LogP contribution < -0.4 is 11.1 Å². The van der Waals surface area contributed by atoms with Gasteiger partial charge in [0.1, 0.15) is 11.3 Å². The Kier molecular flexibility index (Phi) is 2.71.